The molecule has 0 aromatic heterocycles. The van der Waals surface area contributed by atoms with Gasteiger partial charge >= 0.3 is 11.9 Å². The zero-order chi connectivity index (χ0) is 26.7. The largest absolute Gasteiger partial charge is 0.480 e. The van der Waals surface area contributed by atoms with Crippen LogP contribution >= 0.6 is 0 Å². The molecule has 0 aliphatic carbocycles. The maximum Gasteiger partial charge on any atom is 0.317 e. The Morgan fingerprint density at radius 3 is 1.72 bits per heavy atom. The number of nitrogens with zero attached hydrogens (tertiary/aromatic N) is 4. The number of hydrogen-bond acceptors (Lipinski definition) is 8. The zero-order valence-corrected chi connectivity index (χ0v) is 21.5. The number of carbonyl (C=O) groups excluding carboxylic acids is 2. The highest BCUT2D eigenvalue weighted by Crippen LogP contribution is 2.22. The lowest BCUT2D eigenvalue weighted by atomic mass is 10.0. The number of carboxylic acid groups (broad SMARTS) is 2. The van der Waals surface area contributed by atoms with Crippen molar-refractivity contribution in [1.82, 2.24) is 19.6 Å². The van der Waals surface area contributed by atoms with Crippen LogP contribution in [0.4, 0.5) is 5.69 Å². The van der Waals surface area contributed by atoms with Crippen molar-refractivity contribution >= 4 is 29.3 Å². The monoisotopic (exact) mass is 505 g/mol. The van der Waals surface area contributed by atoms with E-state index in [2.05, 4.69) is 15.1 Å². The van der Waals surface area contributed by atoms with E-state index in [-0.39, 0.29) is 43.7 Å². The Kier molecular flexibility index (Phi) is 11.9. The fourth-order valence-electron chi connectivity index (χ4n) is 4.18. The Morgan fingerprint density at radius 1 is 0.833 bits per heavy atom. The highest BCUT2D eigenvalue weighted by atomic mass is 16.4. The Morgan fingerprint density at radius 2 is 1.31 bits per heavy atom. The van der Waals surface area contributed by atoms with E-state index >= 15 is 0 Å². The van der Waals surface area contributed by atoms with Gasteiger partial charge in [-0.1, -0.05) is 12.1 Å². The van der Waals surface area contributed by atoms with Gasteiger partial charge in [0.2, 0.25) is 5.91 Å². The first-order valence-corrected chi connectivity index (χ1v) is 12.2. The van der Waals surface area contributed by atoms with E-state index in [1.165, 1.54) is 6.92 Å². The van der Waals surface area contributed by atoms with Crippen LogP contribution < -0.4 is 5.32 Å². The molecule has 0 spiro atoms. The number of nitrogens with one attached hydrogen (secondary N) is 1. The topological polar surface area (TPSA) is 134 Å². The number of hydrogen-bond donors (Lipinski definition) is 3. The molecule has 1 heterocycles. The molecule has 1 amide bonds. The van der Waals surface area contributed by atoms with Gasteiger partial charge in [-0.3, -0.25) is 29.1 Å². The molecule has 1 atom stereocenters. The molecule has 200 valence electrons. The fraction of sp³-hybridized carbons (Fsp3) is 0.600. The van der Waals surface area contributed by atoms with E-state index in [1.807, 2.05) is 48.2 Å². The molecular weight excluding hydrogens is 466 g/mol. The van der Waals surface area contributed by atoms with E-state index in [4.69, 9.17) is 0 Å². The third-order valence-corrected chi connectivity index (χ3v) is 6.25. The van der Waals surface area contributed by atoms with Crippen molar-refractivity contribution in [3.63, 3.8) is 0 Å². The number of Topliss-reactive ketones (excluding diaryl/α,β-unsaturated/α-hetero) is 1. The van der Waals surface area contributed by atoms with Gasteiger partial charge in [0.15, 0.2) is 0 Å². The third kappa shape index (κ3) is 10.8. The molecule has 36 heavy (non-hydrogen) atoms. The summed E-state index contributed by atoms with van der Waals surface area (Å²) in [5.74, 6) is -2.02. The van der Waals surface area contributed by atoms with Crippen LogP contribution in [0.1, 0.15) is 31.4 Å². The van der Waals surface area contributed by atoms with Gasteiger partial charge < -0.3 is 25.2 Å². The predicted molar refractivity (Wildman–Crippen MR) is 136 cm³/mol. The van der Waals surface area contributed by atoms with Crippen LogP contribution in [0.15, 0.2) is 24.3 Å². The number of anilines is 1. The van der Waals surface area contributed by atoms with Gasteiger partial charge in [-0.05, 0) is 38.7 Å². The van der Waals surface area contributed by atoms with Crippen LogP contribution in [-0.2, 0) is 19.2 Å². The maximum absolute atomic E-state index is 12.0. The summed E-state index contributed by atoms with van der Waals surface area (Å²) in [7, 11) is 3.98. The van der Waals surface area contributed by atoms with Crippen LogP contribution in [-0.4, -0.2) is 126 Å². The molecule has 3 N–H and O–H groups in total. The second-order valence-electron chi connectivity index (χ2n) is 9.49. The summed E-state index contributed by atoms with van der Waals surface area (Å²) in [5, 5.41) is 21.3. The van der Waals surface area contributed by atoms with Gasteiger partial charge in [-0.15, -0.1) is 0 Å². The minimum Gasteiger partial charge on any atom is -0.480 e. The molecule has 1 aliphatic heterocycles. The Hall–Kier alpha value is -2.86. The first kappa shape index (κ1) is 29.4. The highest BCUT2D eigenvalue weighted by molar-refractivity contribution is 5.93. The third-order valence-electron chi connectivity index (χ3n) is 6.25. The number of carbonyl (C=O) groups is 4. The van der Waals surface area contributed by atoms with Gasteiger partial charge in [0.05, 0.1) is 13.1 Å². The number of likely N-dealkylation sites (N-methyl/N-ethyl adjacent to an activating group) is 1. The van der Waals surface area contributed by atoms with Crippen molar-refractivity contribution in [2.24, 2.45) is 0 Å². The Bertz CT molecular complexity index is 863. The summed E-state index contributed by atoms with van der Waals surface area (Å²) < 4.78 is 0. The average molecular weight is 506 g/mol. The number of amides is 1. The quantitative estimate of drug-likeness (QED) is 0.372. The fourth-order valence-corrected chi connectivity index (χ4v) is 4.18. The molecule has 1 saturated heterocycles. The van der Waals surface area contributed by atoms with Crippen molar-refractivity contribution < 1.29 is 29.4 Å². The molecule has 0 saturated carbocycles. The lowest BCUT2D eigenvalue weighted by Gasteiger charge is -2.33. The first-order chi connectivity index (χ1) is 17.0. The van der Waals surface area contributed by atoms with Crippen molar-refractivity contribution in [3.05, 3.63) is 29.8 Å². The van der Waals surface area contributed by atoms with Crippen LogP contribution in [0.25, 0.3) is 0 Å². The summed E-state index contributed by atoms with van der Waals surface area (Å²) in [5.41, 5.74) is 1.73. The highest BCUT2D eigenvalue weighted by Gasteiger charge is 2.23. The number of rotatable bonds is 12. The van der Waals surface area contributed by atoms with Crippen molar-refractivity contribution in [2.45, 2.75) is 25.8 Å². The summed E-state index contributed by atoms with van der Waals surface area (Å²) >= 11 is 0. The molecule has 1 aromatic rings. The molecule has 0 radical (unpaired) electrons. The zero-order valence-electron chi connectivity index (χ0n) is 21.5. The van der Waals surface area contributed by atoms with Gasteiger partial charge in [-0.2, -0.15) is 0 Å². The van der Waals surface area contributed by atoms with Crippen molar-refractivity contribution in [2.75, 3.05) is 78.3 Å². The normalized spacial score (nSPS) is 17.1. The Labute approximate surface area is 212 Å². The summed E-state index contributed by atoms with van der Waals surface area (Å²) in [6, 6.07) is 7.66. The number of benzene rings is 1. The van der Waals surface area contributed by atoms with Gasteiger partial charge in [0, 0.05) is 70.4 Å². The summed E-state index contributed by atoms with van der Waals surface area (Å²) in [6.45, 7) is 5.50. The van der Waals surface area contributed by atoms with Crippen molar-refractivity contribution in [1.29, 1.82) is 0 Å². The average Bonchev–Trinajstić information content (AvgIpc) is 2.87. The Balaban J connectivity index is 2.09. The van der Waals surface area contributed by atoms with Crippen LogP contribution in [0.5, 0.6) is 0 Å². The van der Waals surface area contributed by atoms with E-state index in [0.717, 1.165) is 5.56 Å². The second kappa shape index (κ2) is 14.6. The molecule has 1 unspecified atom stereocenters. The van der Waals surface area contributed by atoms with E-state index < -0.39 is 11.9 Å². The summed E-state index contributed by atoms with van der Waals surface area (Å²) in [4.78, 5) is 53.8. The van der Waals surface area contributed by atoms with E-state index in [0.29, 0.717) is 51.5 Å². The molecule has 0 bridgehead atoms. The molecule has 11 nitrogen and oxygen atoms in total. The molecule has 2 rings (SSSR count). The molecule has 1 aliphatic rings. The van der Waals surface area contributed by atoms with Crippen LogP contribution in [0.2, 0.25) is 0 Å². The molecule has 1 fully saturated rings. The second-order valence-corrected chi connectivity index (χ2v) is 9.49. The standard InChI is InChI=1S/C25H39N5O6/c1-19(31)4-9-23(32)26-21-7-5-20(6-8-21)22(27(2)3)16-28-10-12-29(17-24(33)34)14-15-30(13-11-28)18-25(35)36/h5-8,22H,4,9-18H2,1-3H3,(H,26,32)(H,33,34)(H,35,36). The van der Waals surface area contributed by atoms with Gasteiger partial charge in [-0.25, -0.2) is 0 Å². The predicted octanol–water partition coefficient (Wildman–Crippen LogP) is 0.686. The minimum atomic E-state index is -0.898. The van der Waals surface area contributed by atoms with E-state index in [1.54, 1.807) is 0 Å². The minimum absolute atomic E-state index is 0.0218. The van der Waals surface area contributed by atoms with Crippen LogP contribution in [0.3, 0.4) is 0 Å². The number of ketones is 1. The lowest BCUT2D eigenvalue weighted by Crippen LogP contribution is -2.42. The number of aliphatic carboxylic acids is 2. The lowest BCUT2D eigenvalue weighted by molar-refractivity contribution is -0.140. The summed E-state index contributed by atoms with van der Waals surface area (Å²) in [6.07, 6.45) is 0.375. The number of carboxylic acids is 2. The van der Waals surface area contributed by atoms with Crippen molar-refractivity contribution in [3.8, 4) is 0 Å². The molecule has 1 aromatic carbocycles. The molecule has 11 heteroatoms. The van der Waals surface area contributed by atoms with Gasteiger partial charge in [0.1, 0.15) is 5.78 Å². The maximum atomic E-state index is 12.0. The van der Waals surface area contributed by atoms with Crippen LogP contribution in [0, 0.1) is 0 Å². The SMILES string of the molecule is CC(=O)CCC(=O)Nc1ccc(C(CN2CCN(CC(=O)O)CCN(CC(=O)O)CC2)N(C)C)cc1. The first-order valence-electron chi connectivity index (χ1n) is 12.2. The van der Waals surface area contributed by atoms with E-state index in [9.17, 15) is 29.4 Å². The van der Waals surface area contributed by atoms with Gasteiger partial charge in [0.25, 0.3) is 0 Å². The smallest absolute Gasteiger partial charge is 0.317 e. The molecular formula is C25H39N5O6.